The lowest BCUT2D eigenvalue weighted by molar-refractivity contribution is 0.0331. The van der Waals surface area contributed by atoms with Crippen LogP contribution in [0.3, 0.4) is 0 Å². The monoisotopic (exact) mass is 386 g/mol. The number of ether oxygens (including phenoxy) is 1. The Kier molecular flexibility index (Phi) is 5.05. The zero-order valence-corrected chi connectivity index (χ0v) is 17.2. The molecular formula is C21H30N4OS. The Balaban J connectivity index is 1.57. The minimum absolute atomic E-state index is 0.630. The van der Waals surface area contributed by atoms with Crippen LogP contribution < -0.4 is 4.90 Å². The summed E-state index contributed by atoms with van der Waals surface area (Å²) in [5, 5.41) is 1.39. The first-order chi connectivity index (χ1) is 13.3. The Morgan fingerprint density at radius 1 is 1.07 bits per heavy atom. The van der Waals surface area contributed by atoms with Gasteiger partial charge in [0.1, 0.15) is 16.5 Å². The van der Waals surface area contributed by atoms with Gasteiger partial charge in [-0.05, 0) is 50.5 Å². The highest BCUT2D eigenvalue weighted by Gasteiger charge is 2.29. The molecule has 146 valence electrons. The van der Waals surface area contributed by atoms with Crippen LogP contribution in [0.1, 0.15) is 55.3 Å². The molecule has 2 aliphatic heterocycles. The quantitative estimate of drug-likeness (QED) is 0.800. The summed E-state index contributed by atoms with van der Waals surface area (Å²) in [4.78, 5) is 18.1. The Bertz CT molecular complexity index is 814. The fourth-order valence-corrected chi connectivity index (χ4v) is 6.24. The molecular weight excluding hydrogens is 356 g/mol. The van der Waals surface area contributed by atoms with E-state index in [0.29, 0.717) is 6.04 Å². The number of aromatic nitrogens is 2. The Morgan fingerprint density at radius 3 is 2.81 bits per heavy atom. The van der Waals surface area contributed by atoms with Gasteiger partial charge in [-0.3, -0.25) is 4.90 Å². The molecule has 0 amide bonds. The van der Waals surface area contributed by atoms with Gasteiger partial charge in [-0.2, -0.15) is 0 Å². The number of aryl methyl sites for hydroxylation is 2. The van der Waals surface area contributed by atoms with Crippen molar-refractivity contribution in [3.05, 3.63) is 16.3 Å². The number of hydrogen-bond donors (Lipinski definition) is 0. The molecule has 27 heavy (non-hydrogen) atoms. The maximum absolute atomic E-state index is 5.51. The largest absolute Gasteiger partial charge is 0.379 e. The lowest BCUT2D eigenvalue weighted by Gasteiger charge is -2.37. The summed E-state index contributed by atoms with van der Waals surface area (Å²) in [5.74, 6) is 2.24. The molecule has 1 atom stereocenters. The summed E-state index contributed by atoms with van der Waals surface area (Å²) in [7, 11) is 0. The Labute approximate surface area is 165 Å². The van der Waals surface area contributed by atoms with Gasteiger partial charge in [0.2, 0.25) is 0 Å². The van der Waals surface area contributed by atoms with Gasteiger partial charge in [0.05, 0.1) is 25.1 Å². The minimum atomic E-state index is 0.630. The van der Waals surface area contributed by atoms with Crippen molar-refractivity contribution in [1.29, 1.82) is 0 Å². The first kappa shape index (κ1) is 17.8. The van der Waals surface area contributed by atoms with Crippen LogP contribution in [-0.4, -0.2) is 53.8 Å². The third-order valence-corrected chi connectivity index (χ3v) is 7.62. The normalized spacial score (nSPS) is 23.9. The maximum Gasteiger partial charge on any atom is 0.146 e. The predicted octanol–water partition coefficient (Wildman–Crippen LogP) is 3.78. The van der Waals surface area contributed by atoms with Crippen molar-refractivity contribution in [2.45, 2.75) is 64.5 Å². The Morgan fingerprint density at radius 2 is 1.96 bits per heavy atom. The van der Waals surface area contributed by atoms with E-state index in [4.69, 9.17) is 14.7 Å². The van der Waals surface area contributed by atoms with Crippen LogP contribution in [0.5, 0.6) is 0 Å². The maximum atomic E-state index is 5.51. The van der Waals surface area contributed by atoms with Gasteiger partial charge < -0.3 is 9.64 Å². The summed E-state index contributed by atoms with van der Waals surface area (Å²) in [6.45, 7) is 7.94. The molecule has 4 heterocycles. The van der Waals surface area contributed by atoms with E-state index >= 15 is 0 Å². The van der Waals surface area contributed by atoms with E-state index in [1.807, 2.05) is 11.3 Å². The molecule has 2 saturated heterocycles. The van der Waals surface area contributed by atoms with Crippen molar-refractivity contribution in [2.75, 3.05) is 37.7 Å². The van der Waals surface area contributed by atoms with E-state index in [0.717, 1.165) is 45.2 Å². The van der Waals surface area contributed by atoms with E-state index < -0.39 is 0 Å². The highest BCUT2D eigenvalue weighted by molar-refractivity contribution is 7.19. The zero-order chi connectivity index (χ0) is 18.2. The average Bonchev–Trinajstić information content (AvgIpc) is 3.29. The van der Waals surface area contributed by atoms with Crippen LogP contribution in [0.4, 0.5) is 5.82 Å². The number of morpholine rings is 1. The van der Waals surface area contributed by atoms with Gasteiger partial charge in [-0.25, -0.2) is 9.97 Å². The van der Waals surface area contributed by atoms with Crippen LogP contribution in [0.2, 0.25) is 0 Å². The van der Waals surface area contributed by atoms with Crippen LogP contribution >= 0.6 is 11.3 Å². The SMILES string of the molecule is CCC1CCCCN1c1nc(CN2CCOCC2)nc2sc3c(c12)CCC3. The van der Waals surface area contributed by atoms with Crippen LogP contribution in [0.15, 0.2) is 0 Å². The summed E-state index contributed by atoms with van der Waals surface area (Å²) >= 11 is 1.93. The molecule has 0 aromatic carbocycles. The topological polar surface area (TPSA) is 41.5 Å². The van der Waals surface area contributed by atoms with Gasteiger partial charge >= 0.3 is 0 Å². The fourth-order valence-electron chi connectivity index (χ4n) is 4.96. The van der Waals surface area contributed by atoms with Gasteiger partial charge in [-0.15, -0.1) is 11.3 Å². The molecule has 1 aliphatic carbocycles. The summed E-state index contributed by atoms with van der Waals surface area (Å²) in [6.07, 6.45) is 8.87. The van der Waals surface area contributed by atoms with Crippen molar-refractivity contribution in [1.82, 2.24) is 14.9 Å². The molecule has 0 spiro atoms. The first-order valence-electron chi connectivity index (χ1n) is 10.7. The zero-order valence-electron chi connectivity index (χ0n) is 16.4. The lowest BCUT2D eigenvalue weighted by Crippen LogP contribution is -2.40. The molecule has 0 radical (unpaired) electrons. The van der Waals surface area contributed by atoms with Gasteiger partial charge in [0, 0.05) is 30.6 Å². The number of thiophene rings is 1. The molecule has 1 unspecified atom stereocenters. The predicted molar refractivity (Wildman–Crippen MR) is 111 cm³/mol. The second kappa shape index (κ2) is 7.64. The minimum Gasteiger partial charge on any atom is -0.379 e. The van der Waals surface area contributed by atoms with E-state index in [2.05, 4.69) is 16.7 Å². The van der Waals surface area contributed by atoms with Crippen LogP contribution in [0.25, 0.3) is 10.2 Å². The average molecular weight is 387 g/mol. The second-order valence-electron chi connectivity index (χ2n) is 8.14. The van der Waals surface area contributed by atoms with Crippen molar-refractivity contribution in [3.63, 3.8) is 0 Å². The molecule has 5 rings (SSSR count). The molecule has 2 aromatic rings. The molecule has 0 saturated carbocycles. The molecule has 0 N–H and O–H groups in total. The Hall–Kier alpha value is -1.24. The molecule has 2 fully saturated rings. The highest BCUT2D eigenvalue weighted by Crippen LogP contribution is 2.42. The second-order valence-corrected chi connectivity index (χ2v) is 9.22. The number of nitrogens with zero attached hydrogens (tertiary/aromatic N) is 4. The smallest absolute Gasteiger partial charge is 0.146 e. The van der Waals surface area contributed by atoms with Gasteiger partial charge in [0.25, 0.3) is 0 Å². The summed E-state index contributed by atoms with van der Waals surface area (Å²) < 4.78 is 5.51. The number of piperidine rings is 1. The van der Waals surface area contributed by atoms with Crippen molar-refractivity contribution in [3.8, 4) is 0 Å². The first-order valence-corrected chi connectivity index (χ1v) is 11.5. The van der Waals surface area contributed by atoms with Crippen LogP contribution in [0, 0.1) is 0 Å². The van der Waals surface area contributed by atoms with Gasteiger partial charge in [0.15, 0.2) is 0 Å². The standard InChI is InChI=1S/C21H30N4OS/c1-2-15-6-3-4-9-25(15)20-19-16-7-5-8-17(16)27-21(19)23-18(22-20)14-24-10-12-26-13-11-24/h15H,2-14H2,1H3. The lowest BCUT2D eigenvalue weighted by atomic mass is 9.99. The third kappa shape index (κ3) is 3.36. The van der Waals surface area contributed by atoms with Crippen LogP contribution in [-0.2, 0) is 24.1 Å². The van der Waals surface area contributed by atoms with E-state index in [1.165, 1.54) is 61.0 Å². The molecule has 2 aromatic heterocycles. The van der Waals surface area contributed by atoms with Crippen molar-refractivity contribution < 1.29 is 4.74 Å². The fraction of sp³-hybridized carbons (Fsp3) is 0.714. The van der Waals surface area contributed by atoms with E-state index in [-0.39, 0.29) is 0 Å². The third-order valence-electron chi connectivity index (χ3n) is 6.43. The highest BCUT2D eigenvalue weighted by atomic mass is 32.1. The molecule has 3 aliphatic rings. The molecule has 6 heteroatoms. The van der Waals surface area contributed by atoms with Gasteiger partial charge in [-0.1, -0.05) is 6.92 Å². The van der Waals surface area contributed by atoms with E-state index in [9.17, 15) is 0 Å². The van der Waals surface area contributed by atoms with E-state index in [1.54, 1.807) is 10.4 Å². The number of rotatable bonds is 4. The molecule has 0 bridgehead atoms. The summed E-state index contributed by atoms with van der Waals surface area (Å²) in [6, 6.07) is 0.630. The van der Waals surface area contributed by atoms with Crippen molar-refractivity contribution in [2.24, 2.45) is 0 Å². The number of hydrogen-bond acceptors (Lipinski definition) is 6. The van der Waals surface area contributed by atoms with Crippen molar-refractivity contribution >= 4 is 27.4 Å². The molecule has 5 nitrogen and oxygen atoms in total. The number of fused-ring (bicyclic) bond motifs is 3. The number of anilines is 1. The summed E-state index contributed by atoms with van der Waals surface area (Å²) in [5.41, 5.74) is 1.56.